The lowest BCUT2D eigenvalue weighted by Crippen LogP contribution is -2.19. The van der Waals surface area contributed by atoms with Gasteiger partial charge in [0.25, 0.3) is 11.6 Å². The standard InChI is InChI=1S/C19H17N5O3S/c1-23(2)15-8-6-13(7-9-15)12-20-22-19-21-18(25)17(28-19)11-14-4-3-5-16(10-14)24(26)27/h3-12H,1-2H3,(H,21,22,25)/b17-11+,20-12-. The molecule has 2 aromatic rings. The van der Waals surface area contributed by atoms with Gasteiger partial charge in [-0.1, -0.05) is 24.3 Å². The van der Waals surface area contributed by atoms with Crippen LogP contribution in [0.2, 0.25) is 0 Å². The van der Waals surface area contributed by atoms with Gasteiger partial charge in [0.2, 0.25) is 0 Å². The van der Waals surface area contributed by atoms with Gasteiger partial charge in [0, 0.05) is 31.9 Å². The number of thioether (sulfide) groups is 1. The van der Waals surface area contributed by atoms with E-state index in [0.717, 1.165) is 23.0 Å². The monoisotopic (exact) mass is 395 g/mol. The number of nitrogens with zero attached hydrogens (tertiary/aromatic N) is 4. The summed E-state index contributed by atoms with van der Waals surface area (Å²) in [6.07, 6.45) is 3.18. The fourth-order valence-corrected chi connectivity index (χ4v) is 3.14. The molecule has 0 bridgehead atoms. The Balaban J connectivity index is 1.69. The number of benzene rings is 2. The number of nitro benzene ring substituents is 1. The Morgan fingerprint density at radius 1 is 1.14 bits per heavy atom. The Labute approximate surface area is 165 Å². The van der Waals surface area contributed by atoms with Crippen LogP contribution in [0.1, 0.15) is 11.1 Å². The van der Waals surface area contributed by atoms with Gasteiger partial charge in [-0.15, -0.1) is 5.10 Å². The van der Waals surface area contributed by atoms with E-state index < -0.39 is 4.92 Å². The number of rotatable bonds is 5. The highest BCUT2D eigenvalue weighted by Crippen LogP contribution is 2.27. The van der Waals surface area contributed by atoms with Gasteiger partial charge in [-0.2, -0.15) is 5.10 Å². The molecule has 1 aliphatic heterocycles. The quantitative estimate of drug-likeness (QED) is 0.362. The molecule has 3 rings (SSSR count). The van der Waals surface area contributed by atoms with Crippen molar-refractivity contribution in [3.05, 3.63) is 74.7 Å². The van der Waals surface area contributed by atoms with Gasteiger partial charge in [-0.3, -0.25) is 20.2 Å². The first-order chi connectivity index (χ1) is 13.4. The number of anilines is 1. The van der Waals surface area contributed by atoms with E-state index in [4.69, 9.17) is 0 Å². The minimum atomic E-state index is -0.476. The lowest BCUT2D eigenvalue weighted by atomic mass is 10.2. The number of hydrogen-bond acceptors (Lipinski definition) is 7. The number of amides is 1. The molecular formula is C19H17N5O3S. The lowest BCUT2D eigenvalue weighted by Gasteiger charge is -2.11. The van der Waals surface area contributed by atoms with Gasteiger partial charge >= 0.3 is 0 Å². The van der Waals surface area contributed by atoms with Crippen LogP contribution in [0.5, 0.6) is 0 Å². The van der Waals surface area contributed by atoms with Gasteiger partial charge in [-0.25, -0.2) is 0 Å². The zero-order valence-corrected chi connectivity index (χ0v) is 16.0. The molecule has 1 N–H and O–H groups in total. The van der Waals surface area contributed by atoms with Crippen molar-refractivity contribution in [2.24, 2.45) is 10.2 Å². The summed E-state index contributed by atoms with van der Waals surface area (Å²) in [6.45, 7) is 0. The Morgan fingerprint density at radius 3 is 2.57 bits per heavy atom. The van der Waals surface area contributed by atoms with Gasteiger partial charge in [0.05, 0.1) is 16.0 Å². The van der Waals surface area contributed by atoms with Crippen LogP contribution in [0.25, 0.3) is 6.08 Å². The molecule has 0 radical (unpaired) electrons. The molecule has 1 saturated heterocycles. The largest absolute Gasteiger partial charge is 0.378 e. The van der Waals surface area contributed by atoms with Crippen LogP contribution in [-0.4, -0.2) is 36.3 Å². The second-order valence-corrected chi connectivity index (χ2v) is 7.08. The first kappa shape index (κ1) is 19.3. The summed E-state index contributed by atoms with van der Waals surface area (Å²) in [6, 6.07) is 13.9. The van der Waals surface area contributed by atoms with E-state index in [9.17, 15) is 14.9 Å². The van der Waals surface area contributed by atoms with E-state index in [1.165, 1.54) is 12.1 Å². The van der Waals surface area contributed by atoms with E-state index in [1.807, 2.05) is 43.3 Å². The fraction of sp³-hybridized carbons (Fsp3) is 0.105. The van der Waals surface area contributed by atoms with Crippen molar-refractivity contribution < 1.29 is 9.72 Å². The number of carbonyl (C=O) groups excluding carboxylic acids is 1. The van der Waals surface area contributed by atoms with Gasteiger partial charge in [0.1, 0.15) is 0 Å². The number of nitrogens with one attached hydrogen (secondary N) is 1. The molecule has 142 valence electrons. The van der Waals surface area contributed by atoms with Crippen LogP contribution in [-0.2, 0) is 4.79 Å². The summed E-state index contributed by atoms with van der Waals surface area (Å²) >= 11 is 1.13. The molecule has 0 unspecified atom stereocenters. The first-order valence-corrected chi connectivity index (χ1v) is 9.08. The van der Waals surface area contributed by atoms with Gasteiger partial charge in [0.15, 0.2) is 5.17 Å². The van der Waals surface area contributed by atoms with Crippen molar-refractivity contribution in [1.82, 2.24) is 5.32 Å². The van der Waals surface area contributed by atoms with E-state index >= 15 is 0 Å². The molecule has 28 heavy (non-hydrogen) atoms. The second-order valence-electron chi connectivity index (χ2n) is 6.05. The van der Waals surface area contributed by atoms with E-state index in [-0.39, 0.29) is 11.6 Å². The molecule has 2 aromatic carbocycles. The highest BCUT2D eigenvalue weighted by atomic mass is 32.2. The molecule has 0 spiro atoms. The smallest absolute Gasteiger partial charge is 0.270 e. The molecule has 0 atom stereocenters. The molecule has 1 heterocycles. The van der Waals surface area contributed by atoms with Crippen LogP contribution >= 0.6 is 11.8 Å². The van der Waals surface area contributed by atoms with Gasteiger partial charge in [-0.05, 0) is 41.1 Å². The third-order valence-corrected chi connectivity index (χ3v) is 4.69. The summed E-state index contributed by atoms with van der Waals surface area (Å²) in [5, 5.41) is 21.9. The molecule has 1 fully saturated rings. The Kier molecular flexibility index (Phi) is 5.85. The zero-order chi connectivity index (χ0) is 20.1. The van der Waals surface area contributed by atoms with Crippen LogP contribution in [0.3, 0.4) is 0 Å². The van der Waals surface area contributed by atoms with E-state index in [0.29, 0.717) is 15.6 Å². The zero-order valence-electron chi connectivity index (χ0n) is 15.2. The normalized spacial score (nSPS) is 16.7. The Bertz CT molecular complexity index is 997. The molecule has 8 nitrogen and oxygen atoms in total. The minimum absolute atomic E-state index is 0.0310. The summed E-state index contributed by atoms with van der Waals surface area (Å²) in [5.41, 5.74) is 2.50. The molecule has 0 aliphatic carbocycles. The molecular weight excluding hydrogens is 378 g/mol. The molecule has 1 aliphatic rings. The molecule has 9 heteroatoms. The van der Waals surface area contributed by atoms with Crippen molar-refractivity contribution >= 4 is 46.5 Å². The number of hydrogen-bond donors (Lipinski definition) is 1. The van der Waals surface area contributed by atoms with Crippen LogP contribution in [0, 0.1) is 10.1 Å². The fourth-order valence-electron chi connectivity index (χ4n) is 2.36. The van der Waals surface area contributed by atoms with Crippen molar-refractivity contribution in [2.45, 2.75) is 0 Å². The van der Waals surface area contributed by atoms with E-state index in [1.54, 1.807) is 24.4 Å². The average molecular weight is 395 g/mol. The summed E-state index contributed by atoms with van der Waals surface area (Å²) in [4.78, 5) is 24.8. The highest BCUT2D eigenvalue weighted by Gasteiger charge is 2.24. The third-order valence-electron chi connectivity index (χ3n) is 3.79. The van der Waals surface area contributed by atoms with Crippen molar-refractivity contribution in [2.75, 3.05) is 19.0 Å². The summed E-state index contributed by atoms with van der Waals surface area (Å²) in [5.74, 6) is -0.319. The minimum Gasteiger partial charge on any atom is -0.378 e. The van der Waals surface area contributed by atoms with Crippen LogP contribution in [0.15, 0.2) is 63.6 Å². The van der Waals surface area contributed by atoms with Crippen molar-refractivity contribution in [3.63, 3.8) is 0 Å². The maximum atomic E-state index is 12.1. The molecule has 1 amide bonds. The predicted octanol–water partition coefficient (Wildman–Crippen LogP) is 3.25. The molecule has 0 saturated carbocycles. The first-order valence-electron chi connectivity index (χ1n) is 8.26. The maximum Gasteiger partial charge on any atom is 0.270 e. The van der Waals surface area contributed by atoms with Gasteiger partial charge < -0.3 is 4.90 Å². The van der Waals surface area contributed by atoms with Crippen LogP contribution in [0.4, 0.5) is 11.4 Å². The number of nitro groups is 1. The Morgan fingerprint density at radius 2 is 1.89 bits per heavy atom. The predicted molar refractivity (Wildman–Crippen MR) is 113 cm³/mol. The number of non-ortho nitro benzene ring substituents is 1. The lowest BCUT2D eigenvalue weighted by molar-refractivity contribution is -0.384. The number of amidine groups is 1. The maximum absolute atomic E-state index is 12.1. The second kappa shape index (κ2) is 8.49. The average Bonchev–Trinajstić information content (AvgIpc) is 3.01. The van der Waals surface area contributed by atoms with Crippen molar-refractivity contribution in [1.29, 1.82) is 0 Å². The van der Waals surface area contributed by atoms with E-state index in [2.05, 4.69) is 15.5 Å². The third kappa shape index (κ3) is 4.83. The Hall–Kier alpha value is -3.46. The summed E-state index contributed by atoms with van der Waals surface area (Å²) < 4.78 is 0. The molecule has 0 aromatic heterocycles. The summed E-state index contributed by atoms with van der Waals surface area (Å²) in [7, 11) is 3.93. The highest BCUT2D eigenvalue weighted by molar-refractivity contribution is 8.18. The van der Waals surface area contributed by atoms with Crippen LogP contribution < -0.4 is 10.2 Å². The van der Waals surface area contributed by atoms with Crippen molar-refractivity contribution in [3.8, 4) is 0 Å². The SMILES string of the molecule is CN(C)c1ccc(/C=N\N=C2/NC(=O)/C(=C\c3cccc([N+](=O)[O-])c3)S2)cc1. The topological polar surface area (TPSA) is 100 Å². The number of carbonyl (C=O) groups is 1.